The lowest BCUT2D eigenvalue weighted by atomic mass is 9.72. The van der Waals surface area contributed by atoms with E-state index in [1.165, 1.54) is 12.1 Å². The van der Waals surface area contributed by atoms with Crippen LogP contribution in [0.5, 0.6) is 5.75 Å². The lowest BCUT2D eigenvalue weighted by Crippen LogP contribution is -2.54. The van der Waals surface area contributed by atoms with Crippen LogP contribution in [-0.2, 0) is 5.41 Å². The zero-order chi connectivity index (χ0) is 20.7. The highest BCUT2D eigenvalue weighted by Gasteiger charge is 2.72. The van der Waals surface area contributed by atoms with Crippen LogP contribution in [0.1, 0.15) is 37.5 Å². The smallest absolute Gasteiger partial charge is 0.411 e. The Labute approximate surface area is 154 Å². The minimum atomic E-state index is -5.59. The van der Waals surface area contributed by atoms with Gasteiger partial charge in [0.2, 0.25) is 5.41 Å². The second-order valence-corrected chi connectivity index (χ2v) is 7.35. The Hall–Kier alpha value is -2.18. The van der Waals surface area contributed by atoms with E-state index in [1.807, 2.05) is 0 Å². The maximum atomic E-state index is 14.0. The Balaban J connectivity index is 2.71. The van der Waals surface area contributed by atoms with Crippen LogP contribution in [0.4, 0.5) is 26.3 Å². The van der Waals surface area contributed by atoms with Crippen LogP contribution < -0.4 is 4.74 Å². The van der Waals surface area contributed by atoms with Gasteiger partial charge in [-0.25, -0.2) is 0 Å². The number of alkyl halides is 6. The molecule has 0 aliphatic heterocycles. The number of rotatable bonds is 3. The normalized spacial score (nSPS) is 13.6. The number of halogens is 6. The van der Waals surface area contributed by atoms with E-state index in [0.29, 0.717) is 5.56 Å². The summed E-state index contributed by atoms with van der Waals surface area (Å²) in [6.45, 7) is 6.76. The molecule has 0 spiro atoms. The molecule has 148 valence electrons. The van der Waals surface area contributed by atoms with Gasteiger partial charge in [-0.15, -0.1) is 0 Å². The van der Waals surface area contributed by atoms with Crippen molar-refractivity contribution in [3.63, 3.8) is 0 Å². The van der Waals surface area contributed by atoms with Crippen LogP contribution in [0, 0.1) is 6.92 Å². The monoisotopic (exact) mass is 390 g/mol. The van der Waals surface area contributed by atoms with Crippen molar-refractivity contribution in [1.29, 1.82) is 0 Å². The fraction of sp³-hybridized carbons (Fsp3) is 0.400. The summed E-state index contributed by atoms with van der Waals surface area (Å²) in [4.78, 5) is 0. The molecule has 0 saturated heterocycles. The van der Waals surface area contributed by atoms with Gasteiger partial charge in [0.15, 0.2) is 0 Å². The summed E-state index contributed by atoms with van der Waals surface area (Å²) in [5.41, 5.74) is -5.99. The Morgan fingerprint density at radius 3 is 1.33 bits per heavy atom. The third-order valence-corrected chi connectivity index (χ3v) is 4.05. The molecule has 0 unspecified atom stereocenters. The Bertz CT molecular complexity index is 751. The molecule has 2 aromatic carbocycles. The second-order valence-electron chi connectivity index (χ2n) is 7.35. The van der Waals surface area contributed by atoms with E-state index in [2.05, 4.69) is 0 Å². The van der Waals surface area contributed by atoms with Crippen LogP contribution in [0.2, 0.25) is 0 Å². The SMILES string of the molecule is Cc1ccc(C(c2ccc(OC(C)(C)C)cc2)(C(F)(F)F)C(F)(F)F)cc1. The van der Waals surface area contributed by atoms with E-state index in [0.717, 1.165) is 36.4 Å². The molecule has 0 N–H and O–H groups in total. The first-order chi connectivity index (χ1) is 12.2. The van der Waals surface area contributed by atoms with Gasteiger partial charge in [-0.3, -0.25) is 0 Å². The molecule has 0 aromatic heterocycles. The number of benzene rings is 2. The average molecular weight is 390 g/mol. The topological polar surface area (TPSA) is 9.23 Å². The molecule has 0 aliphatic rings. The van der Waals surface area contributed by atoms with Gasteiger partial charge in [-0.2, -0.15) is 26.3 Å². The third kappa shape index (κ3) is 4.06. The van der Waals surface area contributed by atoms with Crippen molar-refractivity contribution in [1.82, 2.24) is 0 Å². The van der Waals surface area contributed by atoms with Crippen LogP contribution in [0.3, 0.4) is 0 Å². The molecule has 0 amide bonds. The van der Waals surface area contributed by atoms with Crippen LogP contribution in [0.25, 0.3) is 0 Å². The molecule has 0 heterocycles. The van der Waals surface area contributed by atoms with E-state index in [9.17, 15) is 26.3 Å². The zero-order valence-corrected chi connectivity index (χ0v) is 15.3. The Kier molecular flexibility index (Phi) is 5.29. The molecule has 1 nitrogen and oxygen atoms in total. The zero-order valence-electron chi connectivity index (χ0n) is 15.3. The van der Waals surface area contributed by atoms with Crippen LogP contribution >= 0.6 is 0 Å². The van der Waals surface area contributed by atoms with Crippen molar-refractivity contribution >= 4 is 0 Å². The van der Waals surface area contributed by atoms with Gasteiger partial charge in [0, 0.05) is 0 Å². The summed E-state index contributed by atoms with van der Waals surface area (Å²) >= 11 is 0. The van der Waals surface area contributed by atoms with Gasteiger partial charge in [0.05, 0.1) is 0 Å². The molecule has 27 heavy (non-hydrogen) atoms. The highest BCUT2D eigenvalue weighted by Crippen LogP contribution is 2.56. The highest BCUT2D eigenvalue weighted by atomic mass is 19.4. The summed E-state index contributed by atoms with van der Waals surface area (Å²) in [5, 5.41) is 0. The number of hydrogen-bond acceptors (Lipinski definition) is 1. The van der Waals surface area contributed by atoms with Crippen molar-refractivity contribution in [2.24, 2.45) is 0 Å². The minimum Gasteiger partial charge on any atom is -0.488 e. The van der Waals surface area contributed by atoms with Crippen molar-refractivity contribution in [2.75, 3.05) is 0 Å². The summed E-state index contributed by atoms with van der Waals surface area (Å²) in [6, 6.07) is 8.11. The third-order valence-electron chi connectivity index (χ3n) is 4.05. The van der Waals surface area contributed by atoms with E-state index in [-0.39, 0.29) is 5.75 Å². The molecule has 0 saturated carbocycles. The van der Waals surface area contributed by atoms with Crippen molar-refractivity contribution < 1.29 is 31.1 Å². The molecule has 0 fully saturated rings. The molecule has 0 aliphatic carbocycles. The van der Waals surface area contributed by atoms with E-state index < -0.39 is 34.5 Å². The minimum absolute atomic E-state index is 0.188. The van der Waals surface area contributed by atoms with Crippen LogP contribution in [-0.4, -0.2) is 18.0 Å². The van der Waals surface area contributed by atoms with Gasteiger partial charge >= 0.3 is 12.4 Å². The first kappa shape index (κ1) is 21.1. The lowest BCUT2D eigenvalue weighted by molar-refractivity contribution is -0.288. The van der Waals surface area contributed by atoms with Gasteiger partial charge in [-0.05, 0) is 51.0 Å². The fourth-order valence-corrected chi connectivity index (χ4v) is 2.91. The standard InChI is InChI=1S/C20H20F6O/c1-13-5-7-14(8-6-13)18(19(21,22)23,20(24,25)26)15-9-11-16(12-10-15)27-17(2,3)4/h5-12H,1-4H3. The Morgan fingerprint density at radius 2 is 1.00 bits per heavy atom. The lowest BCUT2D eigenvalue weighted by Gasteiger charge is -2.38. The molecule has 0 bridgehead atoms. The molecule has 2 aromatic rings. The summed E-state index contributed by atoms with van der Waals surface area (Å²) in [7, 11) is 0. The van der Waals surface area contributed by atoms with Gasteiger partial charge < -0.3 is 4.74 Å². The van der Waals surface area contributed by atoms with Gasteiger partial charge in [-0.1, -0.05) is 42.0 Å². The first-order valence-electron chi connectivity index (χ1n) is 8.18. The highest BCUT2D eigenvalue weighted by molar-refractivity contribution is 5.46. The number of hydrogen-bond donors (Lipinski definition) is 0. The Morgan fingerprint density at radius 1 is 0.630 bits per heavy atom. The van der Waals surface area contributed by atoms with Gasteiger partial charge in [0.25, 0.3) is 0 Å². The first-order valence-corrected chi connectivity index (χ1v) is 8.18. The van der Waals surface area contributed by atoms with Crippen molar-refractivity contribution in [3.05, 3.63) is 65.2 Å². The van der Waals surface area contributed by atoms with Gasteiger partial charge in [0.1, 0.15) is 11.4 Å². The quantitative estimate of drug-likeness (QED) is 0.538. The largest absolute Gasteiger partial charge is 0.488 e. The van der Waals surface area contributed by atoms with Crippen molar-refractivity contribution in [3.8, 4) is 5.75 Å². The fourth-order valence-electron chi connectivity index (χ4n) is 2.91. The molecule has 7 heteroatoms. The maximum absolute atomic E-state index is 14.0. The predicted molar refractivity (Wildman–Crippen MR) is 90.9 cm³/mol. The summed E-state index contributed by atoms with van der Waals surface area (Å²) in [5.74, 6) is 0.188. The molecule has 2 rings (SSSR count). The maximum Gasteiger partial charge on any atom is 0.411 e. The second kappa shape index (κ2) is 6.77. The van der Waals surface area contributed by atoms with Crippen molar-refractivity contribution in [2.45, 2.75) is 51.1 Å². The predicted octanol–water partition coefficient (Wildman–Crippen LogP) is 6.58. The molecule has 0 atom stereocenters. The number of ether oxygens (including phenoxy) is 1. The van der Waals surface area contributed by atoms with E-state index >= 15 is 0 Å². The van der Waals surface area contributed by atoms with E-state index in [4.69, 9.17) is 4.74 Å². The molecule has 0 radical (unpaired) electrons. The summed E-state index contributed by atoms with van der Waals surface area (Å²) < 4.78 is 89.3. The molecular weight excluding hydrogens is 370 g/mol. The van der Waals surface area contributed by atoms with E-state index in [1.54, 1.807) is 27.7 Å². The number of aryl methyl sites for hydroxylation is 1. The van der Waals surface area contributed by atoms with Crippen LogP contribution in [0.15, 0.2) is 48.5 Å². The molecular formula is C20H20F6O. The average Bonchev–Trinajstić information content (AvgIpc) is 2.47. The summed E-state index contributed by atoms with van der Waals surface area (Å²) in [6.07, 6.45) is -11.2.